The highest BCUT2D eigenvalue weighted by Crippen LogP contribution is 2.34. The summed E-state index contributed by atoms with van der Waals surface area (Å²) in [5.41, 5.74) is 6.87. The van der Waals surface area contributed by atoms with Gasteiger partial charge >= 0.3 is 0 Å². The second-order valence-electron chi connectivity index (χ2n) is 4.63. The van der Waals surface area contributed by atoms with Crippen molar-refractivity contribution in [1.29, 1.82) is 0 Å². The number of nitrogens with one attached hydrogen (secondary N) is 1. The Morgan fingerprint density at radius 1 is 1.35 bits per heavy atom. The number of benzene rings is 1. The number of hydrogen-bond donors (Lipinski definition) is 3. The standard InChI is InChI=1S/C13H18N2O2/c14-8-5-10-1-3-11(4-2-10)12(17)15-13(9-16)6-7-13/h1-4,16H,5-9,14H2,(H,15,17). The number of nitrogens with two attached hydrogens (primary N) is 1. The SMILES string of the molecule is NCCc1ccc(C(=O)NC2(CO)CC2)cc1. The molecule has 0 aliphatic heterocycles. The Morgan fingerprint density at radius 3 is 2.47 bits per heavy atom. The Bertz CT molecular complexity index is 396. The Balaban J connectivity index is 1.99. The first kappa shape index (κ1) is 12.1. The summed E-state index contributed by atoms with van der Waals surface area (Å²) in [5.74, 6) is -0.115. The van der Waals surface area contributed by atoms with Crippen molar-refractivity contribution in [2.24, 2.45) is 5.73 Å². The molecule has 1 aliphatic rings. The van der Waals surface area contributed by atoms with Gasteiger partial charge in [0.15, 0.2) is 0 Å². The molecule has 4 N–H and O–H groups in total. The van der Waals surface area contributed by atoms with E-state index in [0.717, 1.165) is 24.8 Å². The van der Waals surface area contributed by atoms with Crippen molar-refractivity contribution < 1.29 is 9.90 Å². The maximum absolute atomic E-state index is 11.9. The van der Waals surface area contributed by atoms with Crippen LogP contribution in [0.4, 0.5) is 0 Å². The molecule has 92 valence electrons. The first-order chi connectivity index (χ1) is 8.19. The normalized spacial score (nSPS) is 16.6. The lowest BCUT2D eigenvalue weighted by Crippen LogP contribution is -2.39. The second kappa shape index (κ2) is 4.85. The maximum atomic E-state index is 11.9. The fraction of sp³-hybridized carbons (Fsp3) is 0.462. The lowest BCUT2D eigenvalue weighted by Gasteiger charge is -2.14. The van der Waals surface area contributed by atoms with Gasteiger partial charge in [0.2, 0.25) is 0 Å². The zero-order valence-corrected chi connectivity index (χ0v) is 9.78. The fourth-order valence-electron chi connectivity index (χ4n) is 1.78. The van der Waals surface area contributed by atoms with E-state index < -0.39 is 0 Å². The van der Waals surface area contributed by atoms with Gasteiger partial charge in [-0.1, -0.05) is 12.1 Å². The summed E-state index contributed by atoms with van der Waals surface area (Å²) in [6.07, 6.45) is 2.55. The highest BCUT2D eigenvalue weighted by atomic mass is 16.3. The van der Waals surface area contributed by atoms with Gasteiger partial charge in [0.05, 0.1) is 12.1 Å². The van der Waals surface area contributed by atoms with Crippen LogP contribution in [0.5, 0.6) is 0 Å². The minimum atomic E-state index is -0.354. The predicted molar refractivity (Wildman–Crippen MR) is 65.7 cm³/mol. The van der Waals surface area contributed by atoms with E-state index in [1.807, 2.05) is 12.1 Å². The maximum Gasteiger partial charge on any atom is 0.251 e. The number of carbonyl (C=O) groups is 1. The van der Waals surface area contributed by atoms with E-state index in [1.165, 1.54) is 0 Å². The van der Waals surface area contributed by atoms with Crippen molar-refractivity contribution in [2.45, 2.75) is 24.8 Å². The third-order valence-electron chi connectivity index (χ3n) is 3.18. The van der Waals surface area contributed by atoms with Gasteiger partial charge in [-0.25, -0.2) is 0 Å². The minimum Gasteiger partial charge on any atom is -0.394 e. The topological polar surface area (TPSA) is 75.4 Å². The van der Waals surface area contributed by atoms with Crippen LogP contribution in [-0.2, 0) is 6.42 Å². The van der Waals surface area contributed by atoms with E-state index in [2.05, 4.69) is 5.32 Å². The van der Waals surface area contributed by atoms with Crippen LogP contribution in [0.2, 0.25) is 0 Å². The molecule has 1 saturated carbocycles. The Morgan fingerprint density at radius 2 is 2.00 bits per heavy atom. The lowest BCUT2D eigenvalue weighted by atomic mass is 10.1. The van der Waals surface area contributed by atoms with Gasteiger partial charge in [-0.3, -0.25) is 4.79 Å². The van der Waals surface area contributed by atoms with Gasteiger partial charge in [-0.05, 0) is 43.5 Å². The first-order valence-corrected chi connectivity index (χ1v) is 5.91. The molecular weight excluding hydrogens is 216 g/mol. The molecule has 1 aromatic rings. The van der Waals surface area contributed by atoms with Gasteiger partial charge < -0.3 is 16.2 Å². The minimum absolute atomic E-state index is 0.0179. The van der Waals surface area contributed by atoms with Crippen molar-refractivity contribution in [2.75, 3.05) is 13.2 Å². The molecule has 2 rings (SSSR count). The second-order valence-corrected chi connectivity index (χ2v) is 4.63. The molecular formula is C13H18N2O2. The van der Waals surface area contributed by atoms with Crippen LogP contribution in [0.1, 0.15) is 28.8 Å². The molecule has 0 saturated heterocycles. The number of rotatable bonds is 5. The summed E-state index contributed by atoms with van der Waals surface area (Å²) >= 11 is 0. The number of carbonyl (C=O) groups excluding carboxylic acids is 1. The van der Waals surface area contributed by atoms with Crippen molar-refractivity contribution >= 4 is 5.91 Å². The fourth-order valence-corrected chi connectivity index (χ4v) is 1.78. The van der Waals surface area contributed by atoms with Crippen molar-refractivity contribution in [3.05, 3.63) is 35.4 Å². The summed E-state index contributed by atoms with van der Waals surface area (Å²) < 4.78 is 0. The average Bonchev–Trinajstić information content (AvgIpc) is 3.11. The van der Waals surface area contributed by atoms with Crippen molar-refractivity contribution in [3.8, 4) is 0 Å². The predicted octanol–water partition coefficient (Wildman–Crippen LogP) is 0.442. The van der Waals surface area contributed by atoms with Crippen LogP contribution >= 0.6 is 0 Å². The smallest absolute Gasteiger partial charge is 0.251 e. The quantitative estimate of drug-likeness (QED) is 0.692. The molecule has 0 atom stereocenters. The molecule has 0 spiro atoms. The molecule has 0 bridgehead atoms. The zero-order chi connectivity index (χ0) is 12.3. The van der Waals surface area contributed by atoms with Crippen LogP contribution in [-0.4, -0.2) is 29.7 Å². The molecule has 0 aromatic heterocycles. The molecule has 17 heavy (non-hydrogen) atoms. The van der Waals surface area contributed by atoms with Gasteiger partial charge in [-0.2, -0.15) is 0 Å². The highest BCUT2D eigenvalue weighted by molar-refractivity contribution is 5.95. The molecule has 1 amide bonds. The summed E-state index contributed by atoms with van der Waals surface area (Å²) in [6.45, 7) is 0.628. The number of amides is 1. The van der Waals surface area contributed by atoms with Gasteiger partial charge in [-0.15, -0.1) is 0 Å². The van der Waals surface area contributed by atoms with E-state index in [4.69, 9.17) is 10.8 Å². The van der Waals surface area contributed by atoms with Crippen LogP contribution in [0, 0.1) is 0 Å². The zero-order valence-electron chi connectivity index (χ0n) is 9.78. The Kier molecular flexibility index (Phi) is 3.45. The number of hydrogen-bond acceptors (Lipinski definition) is 3. The van der Waals surface area contributed by atoms with Crippen LogP contribution < -0.4 is 11.1 Å². The van der Waals surface area contributed by atoms with Crippen LogP contribution in [0.25, 0.3) is 0 Å². The molecule has 1 aromatic carbocycles. The largest absolute Gasteiger partial charge is 0.394 e. The van der Waals surface area contributed by atoms with E-state index in [0.29, 0.717) is 12.1 Å². The van der Waals surface area contributed by atoms with Crippen LogP contribution in [0.3, 0.4) is 0 Å². The first-order valence-electron chi connectivity index (χ1n) is 5.91. The number of aliphatic hydroxyl groups is 1. The molecule has 1 aliphatic carbocycles. The molecule has 4 heteroatoms. The van der Waals surface area contributed by atoms with E-state index in [-0.39, 0.29) is 18.1 Å². The lowest BCUT2D eigenvalue weighted by molar-refractivity contribution is 0.0907. The molecule has 0 radical (unpaired) electrons. The van der Waals surface area contributed by atoms with Crippen molar-refractivity contribution in [3.63, 3.8) is 0 Å². The Labute approximate surface area is 101 Å². The van der Waals surface area contributed by atoms with E-state index in [1.54, 1.807) is 12.1 Å². The van der Waals surface area contributed by atoms with Gasteiger partial charge in [0, 0.05) is 5.56 Å². The molecule has 1 fully saturated rings. The van der Waals surface area contributed by atoms with Gasteiger partial charge in [0.25, 0.3) is 5.91 Å². The monoisotopic (exact) mass is 234 g/mol. The molecule has 4 nitrogen and oxygen atoms in total. The molecule has 0 unspecified atom stereocenters. The van der Waals surface area contributed by atoms with Crippen molar-refractivity contribution in [1.82, 2.24) is 5.32 Å². The number of aliphatic hydroxyl groups excluding tert-OH is 1. The third kappa shape index (κ3) is 2.84. The van der Waals surface area contributed by atoms with Crippen LogP contribution in [0.15, 0.2) is 24.3 Å². The molecule has 0 heterocycles. The van der Waals surface area contributed by atoms with E-state index in [9.17, 15) is 4.79 Å². The van der Waals surface area contributed by atoms with E-state index >= 15 is 0 Å². The Hall–Kier alpha value is -1.39. The summed E-state index contributed by atoms with van der Waals surface area (Å²) in [7, 11) is 0. The summed E-state index contributed by atoms with van der Waals surface area (Å²) in [5, 5.41) is 12.0. The highest BCUT2D eigenvalue weighted by Gasteiger charge is 2.43. The summed E-state index contributed by atoms with van der Waals surface area (Å²) in [4.78, 5) is 11.9. The van der Waals surface area contributed by atoms with Gasteiger partial charge in [0.1, 0.15) is 0 Å². The summed E-state index contributed by atoms with van der Waals surface area (Å²) in [6, 6.07) is 7.43. The third-order valence-corrected chi connectivity index (χ3v) is 3.18. The average molecular weight is 234 g/mol.